The molecule has 0 aliphatic carbocycles. The van der Waals surface area contributed by atoms with Crippen molar-refractivity contribution in [1.82, 2.24) is 9.97 Å². The van der Waals surface area contributed by atoms with Gasteiger partial charge in [-0.2, -0.15) is 0 Å². The average Bonchev–Trinajstić information content (AvgIpc) is 2.48. The average molecular weight is 273 g/mol. The minimum atomic E-state index is -0.408. The number of benzene rings is 1. The van der Waals surface area contributed by atoms with Gasteiger partial charge in [-0.1, -0.05) is 18.2 Å². The lowest BCUT2D eigenvalue weighted by atomic mass is 10.1. The van der Waals surface area contributed by atoms with Crippen LogP contribution in [0.2, 0.25) is 0 Å². The van der Waals surface area contributed by atoms with E-state index in [1.165, 1.54) is 0 Å². The van der Waals surface area contributed by atoms with Crippen molar-refractivity contribution in [1.29, 1.82) is 0 Å². The molecule has 1 unspecified atom stereocenters. The summed E-state index contributed by atoms with van der Waals surface area (Å²) in [5, 5.41) is 0. The molecule has 1 atom stereocenters. The highest BCUT2D eigenvalue weighted by Gasteiger charge is 2.16. The van der Waals surface area contributed by atoms with Crippen LogP contribution in [0.4, 0.5) is 0 Å². The van der Waals surface area contributed by atoms with Gasteiger partial charge in [0.1, 0.15) is 18.2 Å². The Morgan fingerprint density at radius 2 is 1.85 bits per heavy atom. The molecule has 0 saturated heterocycles. The maximum absolute atomic E-state index is 6.24. The Kier molecular flexibility index (Phi) is 5.03. The molecule has 2 rings (SSSR count). The maximum atomic E-state index is 6.24. The molecular formula is C15H19N3O2. The molecule has 2 aromatic rings. The Hall–Kier alpha value is -1.98. The smallest absolute Gasteiger partial charge is 0.149 e. The molecule has 0 aliphatic heterocycles. The quantitative estimate of drug-likeness (QED) is 0.813. The molecule has 0 fully saturated rings. The van der Waals surface area contributed by atoms with Crippen LogP contribution in [0, 0.1) is 6.92 Å². The number of nitrogens with zero attached hydrogens (tertiary/aromatic N) is 2. The van der Waals surface area contributed by atoms with Crippen LogP contribution in [0.25, 0.3) is 0 Å². The van der Waals surface area contributed by atoms with Gasteiger partial charge in [-0.25, -0.2) is 9.97 Å². The first-order valence-electron chi connectivity index (χ1n) is 6.47. The van der Waals surface area contributed by atoms with E-state index < -0.39 is 6.04 Å². The lowest BCUT2D eigenvalue weighted by Gasteiger charge is -2.16. The van der Waals surface area contributed by atoms with Gasteiger partial charge >= 0.3 is 0 Å². The molecule has 0 amide bonds. The number of aromatic nitrogens is 2. The van der Waals surface area contributed by atoms with E-state index >= 15 is 0 Å². The van der Waals surface area contributed by atoms with Crippen molar-refractivity contribution in [3.63, 3.8) is 0 Å². The van der Waals surface area contributed by atoms with E-state index in [0.717, 1.165) is 16.9 Å². The van der Waals surface area contributed by atoms with Gasteiger partial charge in [0.15, 0.2) is 0 Å². The van der Waals surface area contributed by atoms with Crippen LogP contribution >= 0.6 is 0 Å². The Labute approximate surface area is 118 Å². The second kappa shape index (κ2) is 6.98. The van der Waals surface area contributed by atoms with Crippen molar-refractivity contribution in [2.75, 3.05) is 20.3 Å². The highest BCUT2D eigenvalue weighted by molar-refractivity contribution is 5.38. The molecule has 0 saturated carbocycles. The van der Waals surface area contributed by atoms with Crippen molar-refractivity contribution >= 4 is 0 Å². The number of ether oxygens (including phenoxy) is 2. The fourth-order valence-corrected chi connectivity index (χ4v) is 1.81. The molecule has 0 bridgehead atoms. The highest BCUT2D eigenvalue weighted by Crippen LogP contribution is 2.26. The zero-order chi connectivity index (χ0) is 14.4. The third-order valence-corrected chi connectivity index (χ3v) is 2.88. The fraction of sp³-hybridized carbons (Fsp3) is 0.333. The normalized spacial score (nSPS) is 12.2. The first-order chi connectivity index (χ1) is 9.72. The molecule has 0 radical (unpaired) electrons. The number of para-hydroxylation sites is 1. The Balaban J connectivity index is 2.20. The fourth-order valence-electron chi connectivity index (χ4n) is 1.81. The number of hydrogen-bond acceptors (Lipinski definition) is 5. The van der Waals surface area contributed by atoms with Crippen LogP contribution in [0.5, 0.6) is 5.75 Å². The maximum Gasteiger partial charge on any atom is 0.149 e. The molecule has 20 heavy (non-hydrogen) atoms. The summed E-state index contributed by atoms with van der Waals surface area (Å²) in [6.45, 7) is 2.96. The molecule has 1 aromatic carbocycles. The first kappa shape index (κ1) is 14.4. The summed E-state index contributed by atoms with van der Waals surface area (Å²) in [6.07, 6.45) is 3.52. The third kappa shape index (κ3) is 3.53. The zero-order valence-electron chi connectivity index (χ0n) is 11.7. The van der Waals surface area contributed by atoms with Gasteiger partial charge in [0.25, 0.3) is 0 Å². The Morgan fingerprint density at radius 1 is 1.15 bits per heavy atom. The van der Waals surface area contributed by atoms with Gasteiger partial charge in [-0.15, -0.1) is 0 Å². The number of nitrogens with two attached hydrogens (primary N) is 1. The van der Waals surface area contributed by atoms with E-state index in [1.54, 1.807) is 19.5 Å². The van der Waals surface area contributed by atoms with Crippen LogP contribution in [-0.4, -0.2) is 30.3 Å². The summed E-state index contributed by atoms with van der Waals surface area (Å²) in [4.78, 5) is 8.55. The molecule has 0 spiro atoms. The molecule has 106 valence electrons. The number of methoxy groups -OCH3 is 1. The van der Waals surface area contributed by atoms with Gasteiger partial charge in [0.2, 0.25) is 0 Å². The van der Waals surface area contributed by atoms with Crippen molar-refractivity contribution in [3.8, 4) is 5.75 Å². The van der Waals surface area contributed by atoms with Crippen molar-refractivity contribution < 1.29 is 9.47 Å². The van der Waals surface area contributed by atoms with E-state index in [2.05, 4.69) is 9.97 Å². The molecular weight excluding hydrogens is 254 g/mol. The molecule has 5 heteroatoms. The molecule has 1 aromatic heterocycles. The minimum absolute atomic E-state index is 0.408. The van der Waals surface area contributed by atoms with Crippen LogP contribution in [-0.2, 0) is 4.74 Å². The van der Waals surface area contributed by atoms with Crippen molar-refractivity contribution in [2.45, 2.75) is 13.0 Å². The zero-order valence-corrected chi connectivity index (χ0v) is 11.7. The monoisotopic (exact) mass is 273 g/mol. The van der Waals surface area contributed by atoms with Gasteiger partial charge in [-0.3, -0.25) is 0 Å². The van der Waals surface area contributed by atoms with E-state index in [-0.39, 0.29) is 0 Å². The SMILES string of the molecule is COCCOc1ccccc1C(N)c1ncc(C)cn1. The predicted molar refractivity (Wildman–Crippen MR) is 76.6 cm³/mol. The minimum Gasteiger partial charge on any atom is -0.491 e. The largest absolute Gasteiger partial charge is 0.491 e. The summed E-state index contributed by atoms with van der Waals surface area (Å²) in [6, 6.07) is 7.24. The van der Waals surface area contributed by atoms with E-state index in [9.17, 15) is 0 Å². The van der Waals surface area contributed by atoms with Crippen LogP contribution in [0.1, 0.15) is 23.0 Å². The Bertz CT molecular complexity index is 543. The second-order valence-electron chi connectivity index (χ2n) is 4.48. The number of hydrogen-bond donors (Lipinski definition) is 1. The first-order valence-corrected chi connectivity index (χ1v) is 6.47. The lowest BCUT2D eigenvalue weighted by Crippen LogP contribution is -2.17. The molecule has 0 aliphatic rings. The van der Waals surface area contributed by atoms with Crippen LogP contribution in [0.3, 0.4) is 0 Å². The summed E-state index contributed by atoms with van der Waals surface area (Å²) in [5.41, 5.74) is 8.11. The van der Waals surface area contributed by atoms with Crippen LogP contribution in [0.15, 0.2) is 36.7 Å². The van der Waals surface area contributed by atoms with E-state index in [1.807, 2.05) is 31.2 Å². The summed E-state index contributed by atoms with van der Waals surface area (Å²) < 4.78 is 10.7. The number of rotatable bonds is 6. The number of aryl methyl sites for hydroxylation is 1. The topological polar surface area (TPSA) is 70.3 Å². The molecule has 2 N–H and O–H groups in total. The van der Waals surface area contributed by atoms with Gasteiger partial charge in [-0.05, 0) is 18.6 Å². The molecule has 5 nitrogen and oxygen atoms in total. The summed E-state index contributed by atoms with van der Waals surface area (Å²) >= 11 is 0. The van der Waals surface area contributed by atoms with Gasteiger partial charge in [0.05, 0.1) is 12.6 Å². The second-order valence-corrected chi connectivity index (χ2v) is 4.48. The predicted octanol–water partition coefficient (Wildman–Crippen LogP) is 1.86. The lowest BCUT2D eigenvalue weighted by molar-refractivity contribution is 0.145. The standard InChI is InChI=1S/C15H19N3O2/c1-11-9-17-15(18-10-11)14(16)12-5-3-4-6-13(12)20-8-7-19-2/h3-6,9-10,14H,7-8,16H2,1-2H3. The molecule has 1 heterocycles. The van der Waals surface area contributed by atoms with Crippen molar-refractivity contribution in [3.05, 3.63) is 53.6 Å². The van der Waals surface area contributed by atoms with Gasteiger partial charge < -0.3 is 15.2 Å². The summed E-state index contributed by atoms with van der Waals surface area (Å²) in [7, 11) is 1.64. The van der Waals surface area contributed by atoms with E-state index in [0.29, 0.717) is 19.0 Å². The third-order valence-electron chi connectivity index (χ3n) is 2.88. The van der Waals surface area contributed by atoms with Gasteiger partial charge in [0, 0.05) is 25.1 Å². The van der Waals surface area contributed by atoms with Crippen LogP contribution < -0.4 is 10.5 Å². The Morgan fingerprint density at radius 3 is 2.55 bits per heavy atom. The highest BCUT2D eigenvalue weighted by atomic mass is 16.5. The van der Waals surface area contributed by atoms with E-state index in [4.69, 9.17) is 15.2 Å². The van der Waals surface area contributed by atoms with Crippen molar-refractivity contribution in [2.24, 2.45) is 5.73 Å². The summed E-state index contributed by atoms with van der Waals surface area (Å²) in [5.74, 6) is 1.32.